The zero-order valence-electron chi connectivity index (χ0n) is 16.5. The number of rotatable bonds is 6. The number of anilines is 1. The van der Waals surface area contributed by atoms with Gasteiger partial charge in [0.1, 0.15) is 6.61 Å². The van der Waals surface area contributed by atoms with Crippen LogP contribution in [-0.2, 0) is 19.6 Å². The van der Waals surface area contributed by atoms with Crippen LogP contribution in [0.1, 0.15) is 30.5 Å². The fourth-order valence-electron chi connectivity index (χ4n) is 2.41. The zero-order valence-corrected chi connectivity index (χ0v) is 18.1. The summed E-state index contributed by atoms with van der Waals surface area (Å²) in [5.74, 6) is 4.37. The van der Waals surface area contributed by atoms with Gasteiger partial charge in [-0.3, -0.25) is 4.72 Å². The molecule has 0 bridgehead atoms. The van der Waals surface area contributed by atoms with Crippen LogP contribution in [0.2, 0.25) is 5.02 Å². The highest BCUT2D eigenvalue weighted by molar-refractivity contribution is 7.92. The van der Waals surface area contributed by atoms with Crippen molar-refractivity contribution in [2.24, 2.45) is 0 Å². The lowest BCUT2D eigenvalue weighted by atomic mass is 10.1. The summed E-state index contributed by atoms with van der Waals surface area (Å²) in [5, 5.41) is 9.43. The largest absolute Gasteiger partial charge is 0.479 e. The molecular weight excluding hydrogens is 414 g/mol. The minimum Gasteiger partial charge on any atom is -0.479 e. The van der Waals surface area contributed by atoms with E-state index in [4.69, 9.17) is 21.4 Å². The number of carboxylic acids is 1. The smallest absolute Gasteiger partial charge is 0.335 e. The molecule has 0 aliphatic rings. The molecule has 0 aliphatic heterocycles. The number of ether oxygens (including phenoxy) is 1. The molecule has 2 N–H and O–H groups in total. The van der Waals surface area contributed by atoms with E-state index in [2.05, 4.69) is 16.6 Å². The molecule has 0 atom stereocenters. The first-order chi connectivity index (χ1) is 13.4. The van der Waals surface area contributed by atoms with Gasteiger partial charge in [0, 0.05) is 5.02 Å². The third-order valence-corrected chi connectivity index (χ3v) is 5.55. The predicted octanol–water partition coefficient (Wildman–Crippen LogP) is 3.99. The van der Waals surface area contributed by atoms with Crippen LogP contribution in [0.4, 0.5) is 5.69 Å². The van der Waals surface area contributed by atoms with Crippen LogP contribution in [-0.4, -0.2) is 31.7 Å². The molecule has 0 saturated heterocycles. The lowest BCUT2D eigenvalue weighted by Gasteiger charge is -2.17. The monoisotopic (exact) mass is 435 g/mol. The Morgan fingerprint density at radius 2 is 1.79 bits per heavy atom. The van der Waals surface area contributed by atoms with Crippen LogP contribution in [0.15, 0.2) is 41.3 Å². The predicted molar refractivity (Wildman–Crippen MR) is 113 cm³/mol. The van der Waals surface area contributed by atoms with Crippen molar-refractivity contribution in [1.29, 1.82) is 0 Å². The van der Waals surface area contributed by atoms with Crippen molar-refractivity contribution >= 4 is 33.3 Å². The molecule has 29 heavy (non-hydrogen) atoms. The molecular formula is C21H22ClNO5S. The maximum atomic E-state index is 12.8. The minimum atomic E-state index is -3.83. The summed E-state index contributed by atoms with van der Waals surface area (Å²) < 4.78 is 33.4. The average molecular weight is 436 g/mol. The maximum absolute atomic E-state index is 12.8. The fraction of sp³-hybridized carbons (Fsp3) is 0.286. The SMILES string of the molecule is Cc1cc(C)cc(S(=O)(=O)Nc2ccc(Cl)cc2C#CCOC(C)(C)C(=O)O)c1. The van der Waals surface area contributed by atoms with E-state index < -0.39 is 21.6 Å². The Bertz CT molecular complexity index is 1080. The van der Waals surface area contributed by atoms with Gasteiger partial charge in [-0.15, -0.1) is 0 Å². The van der Waals surface area contributed by atoms with Crippen LogP contribution in [0.5, 0.6) is 0 Å². The normalized spacial score (nSPS) is 11.5. The number of benzene rings is 2. The van der Waals surface area contributed by atoms with E-state index in [1.165, 1.54) is 26.0 Å². The second-order valence-electron chi connectivity index (χ2n) is 7.02. The number of aryl methyl sites for hydroxylation is 2. The minimum absolute atomic E-state index is 0.144. The van der Waals surface area contributed by atoms with Crippen molar-refractivity contribution in [2.75, 3.05) is 11.3 Å². The fourth-order valence-corrected chi connectivity index (χ4v) is 3.85. The van der Waals surface area contributed by atoms with Crippen LogP contribution < -0.4 is 4.72 Å². The highest BCUT2D eigenvalue weighted by Crippen LogP contribution is 2.24. The molecule has 0 spiro atoms. The first-order valence-corrected chi connectivity index (χ1v) is 10.5. The third kappa shape index (κ3) is 6.23. The summed E-state index contributed by atoms with van der Waals surface area (Å²) in [6, 6.07) is 9.65. The molecule has 0 aromatic heterocycles. The standard InChI is InChI=1S/C21H22ClNO5S/c1-14-10-15(2)12-18(11-14)29(26,27)23-19-8-7-17(22)13-16(19)6-5-9-28-21(3,4)20(24)25/h7-8,10-13,23H,9H2,1-4H3,(H,24,25). The molecule has 6 nitrogen and oxygen atoms in total. The van der Waals surface area contributed by atoms with Crippen LogP contribution >= 0.6 is 11.6 Å². The quantitative estimate of drug-likeness (QED) is 0.669. The molecule has 0 amide bonds. The summed E-state index contributed by atoms with van der Waals surface area (Å²) in [6.45, 7) is 6.34. The van der Waals surface area contributed by atoms with Gasteiger partial charge < -0.3 is 9.84 Å². The van der Waals surface area contributed by atoms with E-state index in [1.54, 1.807) is 18.2 Å². The molecule has 0 fully saturated rings. The molecule has 0 aliphatic carbocycles. The Labute approximate surface area is 175 Å². The molecule has 8 heteroatoms. The summed E-state index contributed by atoms with van der Waals surface area (Å²) in [4.78, 5) is 11.2. The van der Waals surface area contributed by atoms with Crippen molar-refractivity contribution in [3.8, 4) is 11.8 Å². The number of aliphatic carboxylic acids is 1. The first-order valence-electron chi connectivity index (χ1n) is 8.67. The lowest BCUT2D eigenvalue weighted by Crippen LogP contribution is -2.34. The Kier molecular flexibility index (Phi) is 6.96. The van der Waals surface area contributed by atoms with Gasteiger partial charge in [0.05, 0.1) is 16.1 Å². The van der Waals surface area contributed by atoms with Gasteiger partial charge in [0.25, 0.3) is 10.0 Å². The number of hydrogen-bond donors (Lipinski definition) is 2. The van der Waals surface area contributed by atoms with Gasteiger partial charge in [0.2, 0.25) is 0 Å². The Balaban J connectivity index is 2.29. The highest BCUT2D eigenvalue weighted by atomic mass is 35.5. The van der Waals surface area contributed by atoms with E-state index in [1.807, 2.05) is 19.9 Å². The molecule has 0 heterocycles. The molecule has 2 rings (SSSR count). The van der Waals surface area contributed by atoms with E-state index in [0.29, 0.717) is 10.6 Å². The van der Waals surface area contributed by atoms with Crippen LogP contribution in [0.3, 0.4) is 0 Å². The van der Waals surface area contributed by atoms with Gasteiger partial charge in [-0.05, 0) is 69.2 Å². The average Bonchev–Trinajstić information content (AvgIpc) is 2.59. The molecule has 0 unspecified atom stereocenters. The van der Waals surface area contributed by atoms with Gasteiger partial charge >= 0.3 is 5.97 Å². The highest BCUT2D eigenvalue weighted by Gasteiger charge is 2.27. The van der Waals surface area contributed by atoms with Crippen molar-refractivity contribution in [3.05, 3.63) is 58.1 Å². The first kappa shape index (κ1) is 22.8. The number of sulfonamides is 1. The van der Waals surface area contributed by atoms with Crippen molar-refractivity contribution in [1.82, 2.24) is 0 Å². The molecule has 0 radical (unpaired) electrons. The number of hydrogen-bond acceptors (Lipinski definition) is 4. The maximum Gasteiger partial charge on any atom is 0.335 e. The van der Waals surface area contributed by atoms with E-state index in [9.17, 15) is 13.2 Å². The Morgan fingerprint density at radius 3 is 2.38 bits per heavy atom. The lowest BCUT2D eigenvalue weighted by molar-refractivity contribution is -0.159. The van der Waals surface area contributed by atoms with Crippen LogP contribution in [0.25, 0.3) is 0 Å². The number of nitrogens with one attached hydrogen (secondary N) is 1. The van der Waals surface area contributed by atoms with Gasteiger partial charge in [-0.1, -0.05) is 29.5 Å². The molecule has 154 valence electrons. The topological polar surface area (TPSA) is 92.7 Å². The second-order valence-corrected chi connectivity index (χ2v) is 9.14. The molecule has 2 aromatic rings. The summed E-state index contributed by atoms with van der Waals surface area (Å²) >= 11 is 6.02. The number of halogens is 1. The van der Waals surface area contributed by atoms with E-state index in [-0.39, 0.29) is 17.2 Å². The number of carboxylic acid groups (broad SMARTS) is 1. The zero-order chi connectivity index (χ0) is 21.8. The van der Waals surface area contributed by atoms with Gasteiger partial charge in [-0.2, -0.15) is 0 Å². The Hall–Kier alpha value is -2.53. The van der Waals surface area contributed by atoms with Crippen molar-refractivity contribution < 1.29 is 23.1 Å². The van der Waals surface area contributed by atoms with E-state index in [0.717, 1.165) is 11.1 Å². The summed E-state index contributed by atoms with van der Waals surface area (Å²) in [5.41, 5.74) is 0.899. The molecule has 2 aromatic carbocycles. The van der Waals surface area contributed by atoms with E-state index >= 15 is 0 Å². The van der Waals surface area contributed by atoms with Gasteiger partial charge in [0.15, 0.2) is 5.60 Å². The van der Waals surface area contributed by atoms with Crippen molar-refractivity contribution in [2.45, 2.75) is 38.2 Å². The summed E-state index contributed by atoms with van der Waals surface area (Å²) in [7, 11) is -3.83. The second kappa shape index (κ2) is 8.87. The van der Waals surface area contributed by atoms with Crippen molar-refractivity contribution in [3.63, 3.8) is 0 Å². The third-order valence-electron chi connectivity index (χ3n) is 3.97. The summed E-state index contributed by atoms with van der Waals surface area (Å²) in [6.07, 6.45) is 0. The van der Waals surface area contributed by atoms with Crippen LogP contribution in [0, 0.1) is 25.7 Å². The Morgan fingerprint density at radius 1 is 1.17 bits per heavy atom. The molecule has 0 saturated carbocycles. The number of carbonyl (C=O) groups is 1. The van der Waals surface area contributed by atoms with Gasteiger partial charge in [-0.25, -0.2) is 13.2 Å².